The molecular formula is C17H17ClN6S. The fraction of sp³-hybridized carbons (Fsp3) is 0.235. The number of hydrazone groups is 1. The molecule has 128 valence electrons. The van der Waals surface area contributed by atoms with Crippen LogP contribution in [0.5, 0.6) is 0 Å². The summed E-state index contributed by atoms with van der Waals surface area (Å²) in [5.74, 6) is 0.415. The topological polar surface area (TPSA) is 89.8 Å². The second-order valence-corrected chi connectivity index (χ2v) is 6.92. The number of guanidine groups is 1. The molecule has 1 aliphatic heterocycles. The number of benzene rings is 1. The number of thiophene rings is 1. The molecule has 8 heteroatoms. The number of hydrogen-bond acceptors (Lipinski definition) is 5. The van der Waals surface area contributed by atoms with E-state index in [-0.39, 0.29) is 6.04 Å². The van der Waals surface area contributed by atoms with Crippen LogP contribution in [0.15, 0.2) is 51.9 Å². The van der Waals surface area contributed by atoms with Crippen LogP contribution in [0.1, 0.15) is 10.4 Å². The molecule has 0 radical (unpaired) electrons. The molecule has 0 aliphatic carbocycles. The predicted octanol–water partition coefficient (Wildman–Crippen LogP) is 2.42. The SMILES string of the molecule is N#CNC(=NCCc1cccs1)N1CC(N)C(c2ccc(Cl)cc2)=N1. The predicted molar refractivity (Wildman–Crippen MR) is 102 cm³/mol. The van der Waals surface area contributed by atoms with Crippen LogP contribution in [0.2, 0.25) is 5.02 Å². The molecule has 25 heavy (non-hydrogen) atoms. The van der Waals surface area contributed by atoms with Gasteiger partial charge in [-0.15, -0.1) is 11.3 Å². The molecule has 6 nitrogen and oxygen atoms in total. The fourth-order valence-corrected chi connectivity index (χ4v) is 3.33. The van der Waals surface area contributed by atoms with Gasteiger partial charge >= 0.3 is 0 Å². The lowest BCUT2D eigenvalue weighted by Crippen LogP contribution is -2.39. The highest BCUT2D eigenvalue weighted by molar-refractivity contribution is 7.09. The van der Waals surface area contributed by atoms with E-state index in [0.717, 1.165) is 17.7 Å². The van der Waals surface area contributed by atoms with Gasteiger partial charge in [-0.1, -0.05) is 29.8 Å². The Labute approximate surface area is 155 Å². The molecule has 0 saturated heterocycles. The second kappa shape index (κ2) is 8.12. The first kappa shape index (κ1) is 17.4. The van der Waals surface area contributed by atoms with Crippen molar-refractivity contribution in [1.29, 1.82) is 5.26 Å². The van der Waals surface area contributed by atoms with Gasteiger partial charge in [0.15, 0.2) is 6.19 Å². The lowest BCUT2D eigenvalue weighted by Gasteiger charge is -2.15. The highest BCUT2D eigenvalue weighted by Gasteiger charge is 2.27. The van der Waals surface area contributed by atoms with Crippen LogP contribution in [0, 0.1) is 11.5 Å². The van der Waals surface area contributed by atoms with Crippen molar-refractivity contribution in [1.82, 2.24) is 10.3 Å². The van der Waals surface area contributed by atoms with E-state index in [0.29, 0.717) is 24.1 Å². The van der Waals surface area contributed by atoms with Crippen molar-refractivity contribution in [2.24, 2.45) is 15.8 Å². The summed E-state index contributed by atoms with van der Waals surface area (Å²) in [6.45, 7) is 1.03. The minimum atomic E-state index is -0.260. The Bertz CT molecular complexity index is 807. The molecule has 0 spiro atoms. The molecule has 0 fully saturated rings. The first-order valence-electron chi connectivity index (χ1n) is 7.77. The molecule has 2 aromatic rings. The second-order valence-electron chi connectivity index (χ2n) is 5.45. The number of nitriles is 1. The van der Waals surface area contributed by atoms with Crippen molar-refractivity contribution in [2.45, 2.75) is 12.5 Å². The van der Waals surface area contributed by atoms with Gasteiger partial charge in [0.05, 0.1) is 18.3 Å². The highest BCUT2D eigenvalue weighted by Crippen LogP contribution is 2.16. The minimum absolute atomic E-state index is 0.260. The molecular weight excluding hydrogens is 356 g/mol. The number of nitrogens with one attached hydrogen (secondary N) is 1. The summed E-state index contributed by atoms with van der Waals surface area (Å²) in [6.07, 6.45) is 2.74. The van der Waals surface area contributed by atoms with Crippen LogP contribution in [0.4, 0.5) is 0 Å². The monoisotopic (exact) mass is 372 g/mol. The number of halogens is 1. The van der Waals surface area contributed by atoms with Crippen LogP contribution in [0.3, 0.4) is 0 Å². The van der Waals surface area contributed by atoms with Crippen LogP contribution >= 0.6 is 22.9 Å². The summed E-state index contributed by atoms with van der Waals surface area (Å²) in [5.41, 5.74) is 7.87. The van der Waals surface area contributed by atoms with E-state index in [1.165, 1.54) is 4.88 Å². The lowest BCUT2D eigenvalue weighted by atomic mass is 10.1. The summed E-state index contributed by atoms with van der Waals surface area (Å²) in [4.78, 5) is 5.73. The number of nitrogens with two attached hydrogens (primary N) is 1. The number of aliphatic imine (C=N–C) groups is 1. The molecule has 1 aromatic carbocycles. The van der Waals surface area contributed by atoms with Gasteiger partial charge in [-0.3, -0.25) is 10.3 Å². The Morgan fingerprint density at radius 3 is 2.92 bits per heavy atom. The van der Waals surface area contributed by atoms with Crippen molar-refractivity contribution >= 4 is 34.6 Å². The van der Waals surface area contributed by atoms with Crippen molar-refractivity contribution < 1.29 is 0 Å². The summed E-state index contributed by atoms with van der Waals surface area (Å²) < 4.78 is 0. The average molecular weight is 373 g/mol. The first-order chi connectivity index (χ1) is 12.2. The molecule has 3 rings (SSSR count). The largest absolute Gasteiger partial charge is 0.321 e. The zero-order valence-electron chi connectivity index (χ0n) is 13.4. The molecule has 3 N–H and O–H groups in total. The first-order valence-corrected chi connectivity index (χ1v) is 9.02. The fourth-order valence-electron chi connectivity index (χ4n) is 2.51. The number of nitrogens with zero attached hydrogens (tertiary/aromatic N) is 4. The van der Waals surface area contributed by atoms with E-state index in [2.05, 4.69) is 21.5 Å². The molecule has 0 amide bonds. The van der Waals surface area contributed by atoms with E-state index in [9.17, 15) is 0 Å². The van der Waals surface area contributed by atoms with Crippen molar-refractivity contribution in [2.75, 3.05) is 13.1 Å². The summed E-state index contributed by atoms with van der Waals surface area (Å²) in [5, 5.41) is 20.5. The molecule has 1 aromatic heterocycles. The third-order valence-corrected chi connectivity index (χ3v) is 4.89. The summed E-state index contributed by atoms with van der Waals surface area (Å²) in [7, 11) is 0. The Balaban J connectivity index is 1.75. The maximum Gasteiger partial charge on any atom is 0.228 e. The van der Waals surface area contributed by atoms with Gasteiger partial charge in [0.2, 0.25) is 5.96 Å². The van der Waals surface area contributed by atoms with Crippen LogP contribution in [0.25, 0.3) is 0 Å². The van der Waals surface area contributed by atoms with Crippen molar-refractivity contribution in [3.05, 3.63) is 57.2 Å². The highest BCUT2D eigenvalue weighted by atomic mass is 35.5. The molecule has 1 atom stereocenters. The van der Waals surface area contributed by atoms with Crippen molar-refractivity contribution in [3.63, 3.8) is 0 Å². The molecule has 0 saturated carbocycles. The van der Waals surface area contributed by atoms with Crippen LogP contribution in [-0.2, 0) is 6.42 Å². The quantitative estimate of drug-likeness (QED) is 0.373. The molecule has 1 unspecified atom stereocenters. The molecule has 1 aliphatic rings. The van der Waals surface area contributed by atoms with E-state index in [4.69, 9.17) is 22.6 Å². The van der Waals surface area contributed by atoms with Gasteiger partial charge in [-0.2, -0.15) is 10.4 Å². The Hall–Kier alpha value is -2.40. The smallest absolute Gasteiger partial charge is 0.228 e. The van der Waals surface area contributed by atoms with E-state index >= 15 is 0 Å². The van der Waals surface area contributed by atoms with E-state index in [1.54, 1.807) is 28.5 Å². The molecule has 2 heterocycles. The van der Waals surface area contributed by atoms with Gasteiger partial charge < -0.3 is 5.73 Å². The van der Waals surface area contributed by atoms with Crippen LogP contribution in [-0.4, -0.2) is 35.8 Å². The third-order valence-electron chi connectivity index (χ3n) is 3.70. The maximum absolute atomic E-state index is 9.00. The van der Waals surface area contributed by atoms with Gasteiger partial charge in [-0.05, 0) is 29.1 Å². The zero-order valence-corrected chi connectivity index (χ0v) is 15.0. The van der Waals surface area contributed by atoms with Gasteiger partial charge in [0, 0.05) is 22.9 Å². The third kappa shape index (κ3) is 4.37. The van der Waals surface area contributed by atoms with E-state index in [1.807, 2.05) is 29.8 Å². The van der Waals surface area contributed by atoms with Gasteiger partial charge in [0.25, 0.3) is 0 Å². The Kier molecular flexibility index (Phi) is 5.66. The standard InChI is InChI=1S/C17H17ClN6S/c18-13-5-3-12(4-6-13)16-15(20)10-24(23-16)17(22-11-19)21-8-7-14-2-1-9-25-14/h1-6,9,15H,7-8,10,20H2,(H,21,22). The zero-order chi connectivity index (χ0) is 17.6. The molecule has 0 bridgehead atoms. The maximum atomic E-state index is 9.00. The Morgan fingerprint density at radius 2 is 2.24 bits per heavy atom. The minimum Gasteiger partial charge on any atom is -0.321 e. The number of hydrogen-bond donors (Lipinski definition) is 2. The van der Waals surface area contributed by atoms with Gasteiger partial charge in [-0.25, -0.2) is 5.01 Å². The van der Waals surface area contributed by atoms with Crippen molar-refractivity contribution in [3.8, 4) is 6.19 Å². The van der Waals surface area contributed by atoms with E-state index < -0.39 is 0 Å². The summed E-state index contributed by atoms with van der Waals surface area (Å²) in [6, 6.07) is 11.2. The summed E-state index contributed by atoms with van der Waals surface area (Å²) >= 11 is 7.62. The average Bonchev–Trinajstić information content (AvgIpc) is 3.25. The lowest BCUT2D eigenvalue weighted by molar-refractivity contribution is 0.460. The Morgan fingerprint density at radius 1 is 1.44 bits per heavy atom. The normalized spacial score (nSPS) is 17.3. The number of rotatable bonds is 4. The van der Waals surface area contributed by atoms with Gasteiger partial charge in [0.1, 0.15) is 0 Å². The van der Waals surface area contributed by atoms with Crippen LogP contribution < -0.4 is 11.1 Å².